The largest absolute Gasteiger partial charge is 0.472 e. The van der Waals surface area contributed by atoms with Gasteiger partial charge in [0, 0.05) is 18.7 Å². The van der Waals surface area contributed by atoms with Crippen LogP contribution in [-0.4, -0.2) is 49.1 Å². The molecule has 0 aliphatic carbocycles. The van der Waals surface area contributed by atoms with Crippen LogP contribution in [0.1, 0.15) is 37.3 Å². The van der Waals surface area contributed by atoms with Gasteiger partial charge in [-0.15, -0.1) is 0 Å². The molecule has 2 fully saturated rings. The van der Waals surface area contributed by atoms with E-state index in [1.54, 1.807) is 6.26 Å². The van der Waals surface area contributed by atoms with E-state index in [9.17, 15) is 0 Å². The van der Waals surface area contributed by atoms with Crippen LogP contribution >= 0.6 is 0 Å². The van der Waals surface area contributed by atoms with Crippen LogP contribution in [0.3, 0.4) is 0 Å². The fraction of sp³-hybridized carbons (Fsp3) is 0.750. The second kappa shape index (κ2) is 6.74. The molecule has 0 bridgehead atoms. The molecule has 1 aromatic rings. The van der Waals surface area contributed by atoms with Gasteiger partial charge in [0.2, 0.25) is 0 Å². The maximum Gasteiger partial charge on any atom is 0.0950 e. The molecule has 0 aromatic carbocycles. The summed E-state index contributed by atoms with van der Waals surface area (Å²) in [6.07, 6.45) is 9.00. The number of likely N-dealkylation sites (tertiary alicyclic amines) is 2. The Bertz CT molecular complexity index is 378. The van der Waals surface area contributed by atoms with E-state index >= 15 is 0 Å². The summed E-state index contributed by atoms with van der Waals surface area (Å²) < 4.78 is 5.21. The Morgan fingerprint density at radius 2 is 1.95 bits per heavy atom. The third-order valence-corrected chi connectivity index (χ3v) is 4.96. The molecule has 112 valence electrons. The van der Waals surface area contributed by atoms with Crippen molar-refractivity contribution in [1.82, 2.24) is 9.80 Å². The molecular formula is C16H27N3O. The predicted octanol–water partition coefficient (Wildman–Crippen LogP) is 2.09. The van der Waals surface area contributed by atoms with Crippen LogP contribution < -0.4 is 5.73 Å². The summed E-state index contributed by atoms with van der Waals surface area (Å²) in [6, 6.07) is 2.38. The average molecular weight is 277 g/mol. The van der Waals surface area contributed by atoms with Crippen molar-refractivity contribution in [2.24, 2.45) is 11.7 Å². The molecule has 4 nitrogen and oxygen atoms in total. The lowest BCUT2D eigenvalue weighted by atomic mass is 9.94. The van der Waals surface area contributed by atoms with Gasteiger partial charge < -0.3 is 15.1 Å². The lowest BCUT2D eigenvalue weighted by Gasteiger charge is -2.37. The second-order valence-electron chi connectivity index (χ2n) is 6.30. The Hall–Kier alpha value is -0.840. The van der Waals surface area contributed by atoms with Crippen LogP contribution in [0.15, 0.2) is 23.0 Å². The molecule has 2 saturated heterocycles. The SMILES string of the molecule is NCC(c1ccoc1)N1CCC(CN2CCCC2)CC1. The summed E-state index contributed by atoms with van der Waals surface area (Å²) in [5.41, 5.74) is 7.20. The first-order valence-corrected chi connectivity index (χ1v) is 8.05. The zero-order chi connectivity index (χ0) is 13.8. The summed E-state index contributed by atoms with van der Waals surface area (Å²) in [5, 5.41) is 0. The molecule has 3 rings (SSSR count). The van der Waals surface area contributed by atoms with E-state index in [0.717, 1.165) is 5.92 Å². The van der Waals surface area contributed by atoms with Gasteiger partial charge in [0.25, 0.3) is 0 Å². The molecule has 0 radical (unpaired) electrons. The van der Waals surface area contributed by atoms with Gasteiger partial charge in [-0.05, 0) is 63.8 Å². The van der Waals surface area contributed by atoms with Gasteiger partial charge in [0.1, 0.15) is 0 Å². The van der Waals surface area contributed by atoms with Crippen molar-refractivity contribution in [1.29, 1.82) is 0 Å². The summed E-state index contributed by atoms with van der Waals surface area (Å²) in [6.45, 7) is 6.97. The standard InChI is InChI=1S/C16H27N3O/c17-11-16(15-5-10-20-13-15)19-8-3-14(4-9-19)12-18-6-1-2-7-18/h5,10,13-14,16H,1-4,6-9,11-12,17H2. The maximum atomic E-state index is 5.97. The van der Waals surface area contributed by atoms with Crippen molar-refractivity contribution in [3.8, 4) is 0 Å². The van der Waals surface area contributed by atoms with E-state index in [1.165, 1.54) is 64.0 Å². The van der Waals surface area contributed by atoms with Crippen LogP contribution in [0.2, 0.25) is 0 Å². The third kappa shape index (κ3) is 3.25. The van der Waals surface area contributed by atoms with Crippen LogP contribution in [0.5, 0.6) is 0 Å². The van der Waals surface area contributed by atoms with Crippen molar-refractivity contribution in [2.75, 3.05) is 39.3 Å². The number of hydrogen-bond donors (Lipinski definition) is 1. The minimum atomic E-state index is 0.335. The molecule has 4 heteroatoms. The highest BCUT2D eigenvalue weighted by molar-refractivity contribution is 5.12. The Labute approximate surface area is 121 Å². The molecule has 2 aliphatic rings. The first-order chi connectivity index (χ1) is 9.86. The minimum absolute atomic E-state index is 0.335. The number of nitrogens with zero attached hydrogens (tertiary/aromatic N) is 2. The first kappa shape index (κ1) is 14.1. The molecule has 0 spiro atoms. The predicted molar refractivity (Wildman–Crippen MR) is 80.5 cm³/mol. The van der Waals surface area contributed by atoms with E-state index in [0.29, 0.717) is 12.6 Å². The lowest BCUT2D eigenvalue weighted by molar-refractivity contribution is 0.117. The molecule has 20 heavy (non-hydrogen) atoms. The van der Waals surface area contributed by atoms with Crippen LogP contribution in [-0.2, 0) is 0 Å². The number of piperidine rings is 1. The van der Waals surface area contributed by atoms with Crippen molar-refractivity contribution in [3.05, 3.63) is 24.2 Å². The summed E-state index contributed by atoms with van der Waals surface area (Å²) >= 11 is 0. The average Bonchev–Trinajstić information content (AvgIpc) is 3.15. The fourth-order valence-corrected chi connectivity index (χ4v) is 3.74. The Morgan fingerprint density at radius 3 is 2.55 bits per heavy atom. The Kier molecular flexibility index (Phi) is 4.76. The Morgan fingerprint density at radius 1 is 1.20 bits per heavy atom. The number of nitrogens with two attached hydrogens (primary N) is 1. The number of furan rings is 1. The van der Waals surface area contributed by atoms with Gasteiger partial charge in [0.05, 0.1) is 18.6 Å². The van der Waals surface area contributed by atoms with Gasteiger partial charge in [-0.25, -0.2) is 0 Å². The maximum absolute atomic E-state index is 5.97. The van der Waals surface area contributed by atoms with Gasteiger partial charge in [-0.1, -0.05) is 0 Å². The van der Waals surface area contributed by atoms with E-state index in [1.807, 2.05) is 12.3 Å². The van der Waals surface area contributed by atoms with Gasteiger partial charge >= 0.3 is 0 Å². The molecule has 1 unspecified atom stereocenters. The van der Waals surface area contributed by atoms with Crippen molar-refractivity contribution >= 4 is 0 Å². The van der Waals surface area contributed by atoms with Crippen molar-refractivity contribution < 1.29 is 4.42 Å². The van der Waals surface area contributed by atoms with E-state index in [2.05, 4.69) is 9.80 Å². The van der Waals surface area contributed by atoms with Gasteiger partial charge in [-0.3, -0.25) is 4.90 Å². The Balaban J connectivity index is 1.49. The van der Waals surface area contributed by atoms with E-state index < -0.39 is 0 Å². The van der Waals surface area contributed by atoms with Crippen LogP contribution in [0.4, 0.5) is 0 Å². The zero-order valence-electron chi connectivity index (χ0n) is 12.3. The van der Waals surface area contributed by atoms with E-state index in [-0.39, 0.29) is 0 Å². The second-order valence-corrected chi connectivity index (χ2v) is 6.30. The lowest BCUT2D eigenvalue weighted by Crippen LogP contribution is -2.42. The van der Waals surface area contributed by atoms with Gasteiger partial charge in [0.15, 0.2) is 0 Å². The number of hydrogen-bond acceptors (Lipinski definition) is 4. The quantitative estimate of drug-likeness (QED) is 0.895. The van der Waals surface area contributed by atoms with Gasteiger partial charge in [-0.2, -0.15) is 0 Å². The molecule has 2 aliphatic heterocycles. The normalized spacial score (nSPS) is 24.2. The first-order valence-electron chi connectivity index (χ1n) is 8.05. The zero-order valence-corrected chi connectivity index (χ0v) is 12.3. The molecule has 3 heterocycles. The van der Waals surface area contributed by atoms with E-state index in [4.69, 9.17) is 10.2 Å². The highest BCUT2D eigenvalue weighted by Gasteiger charge is 2.27. The van der Waals surface area contributed by atoms with Crippen molar-refractivity contribution in [2.45, 2.75) is 31.7 Å². The molecule has 2 N–H and O–H groups in total. The summed E-state index contributed by atoms with van der Waals surface area (Å²) in [5.74, 6) is 0.882. The third-order valence-electron chi connectivity index (χ3n) is 4.96. The molecular weight excluding hydrogens is 250 g/mol. The molecule has 1 aromatic heterocycles. The smallest absolute Gasteiger partial charge is 0.0950 e. The van der Waals surface area contributed by atoms with Crippen LogP contribution in [0, 0.1) is 5.92 Å². The molecule has 0 saturated carbocycles. The topological polar surface area (TPSA) is 45.6 Å². The summed E-state index contributed by atoms with van der Waals surface area (Å²) in [7, 11) is 0. The van der Waals surface area contributed by atoms with Crippen molar-refractivity contribution in [3.63, 3.8) is 0 Å². The fourth-order valence-electron chi connectivity index (χ4n) is 3.74. The van der Waals surface area contributed by atoms with Crippen LogP contribution in [0.25, 0.3) is 0 Å². The number of rotatable bonds is 5. The molecule has 1 atom stereocenters. The monoisotopic (exact) mass is 277 g/mol. The molecule has 0 amide bonds. The summed E-state index contributed by atoms with van der Waals surface area (Å²) in [4.78, 5) is 5.18. The highest BCUT2D eigenvalue weighted by atomic mass is 16.3. The minimum Gasteiger partial charge on any atom is -0.472 e. The highest BCUT2D eigenvalue weighted by Crippen LogP contribution is 2.27.